The Bertz CT molecular complexity index is 1290. The first kappa shape index (κ1) is 22.4. The fraction of sp³-hybridized carbons (Fsp3) is 0.391. The number of aliphatic hydroxyl groups is 1. The van der Waals surface area contributed by atoms with Crippen LogP contribution in [0.2, 0.25) is 0 Å². The number of nitrogens with zero attached hydrogens (tertiary/aromatic N) is 1. The van der Waals surface area contributed by atoms with E-state index in [1.54, 1.807) is 12.1 Å². The number of fused-ring (bicyclic) bond motifs is 1. The van der Waals surface area contributed by atoms with Gasteiger partial charge >= 0.3 is 0 Å². The SMILES string of the molecule is O=S(=O)(NCC1CC(c2c(-c3ccc(F)cc3)[nH]c3c(F)cc(F)cc23)C1)N1CCC1CO. The number of aromatic nitrogens is 1. The summed E-state index contributed by atoms with van der Waals surface area (Å²) in [5.41, 5.74) is 2.24. The quantitative estimate of drug-likeness (QED) is 0.484. The van der Waals surface area contributed by atoms with E-state index in [4.69, 9.17) is 0 Å². The molecule has 1 atom stereocenters. The van der Waals surface area contributed by atoms with Crippen molar-refractivity contribution >= 4 is 21.1 Å². The molecule has 3 aromatic rings. The average molecular weight is 480 g/mol. The number of halogens is 3. The van der Waals surface area contributed by atoms with Crippen molar-refractivity contribution in [1.29, 1.82) is 0 Å². The Balaban J connectivity index is 1.37. The van der Waals surface area contributed by atoms with Crippen LogP contribution in [0.5, 0.6) is 0 Å². The number of rotatable bonds is 7. The number of benzene rings is 2. The highest BCUT2D eigenvalue weighted by molar-refractivity contribution is 7.87. The van der Waals surface area contributed by atoms with Crippen molar-refractivity contribution in [3.05, 3.63) is 59.4 Å². The Morgan fingerprint density at radius 3 is 2.45 bits per heavy atom. The molecule has 10 heteroatoms. The normalized spacial score (nSPS) is 23.5. The van der Waals surface area contributed by atoms with Gasteiger partial charge in [0.2, 0.25) is 0 Å². The van der Waals surface area contributed by atoms with Gasteiger partial charge in [0.25, 0.3) is 10.2 Å². The summed E-state index contributed by atoms with van der Waals surface area (Å²) >= 11 is 0. The zero-order chi connectivity index (χ0) is 23.3. The third-order valence-electron chi connectivity index (χ3n) is 6.81. The van der Waals surface area contributed by atoms with Crippen LogP contribution >= 0.6 is 0 Å². The highest BCUT2D eigenvalue weighted by Gasteiger charge is 2.39. The molecule has 2 fully saturated rings. The lowest BCUT2D eigenvalue weighted by Crippen LogP contribution is -2.57. The van der Waals surface area contributed by atoms with Crippen LogP contribution in [0.15, 0.2) is 36.4 Å². The molecule has 176 valence electrons. The molecule has 33 heavy (non-hydrogen) atoms. The number of aromatic amines is 1. The summed E-state index contributed by atoms with van der Waals surface area (Å²) in [6, 6.07) is 7.56. The summed E-state index contributed by atoms with van der Waals surface area (Å²) in [7, 11) is -3.65. The van der Waals surface area contributed by atoms with E-state index in [9.17, 15) is 26.7 Å². The van der Waals surface area contributed by atoms with E-state index in [1.807, 2.05) is 0 Å². The topological polar surface area (TPSA) is 85.4 Å². The van der Waals surface area contributed by atoms with Gasteiger partial charge in [0.15, 0.2) is 0 Å². The summed E-state index contributed by atoms with van der Waals surface area (Å²) in [4.78, 5) is 3.05. The summed E-state index contributed by atoms with van der Waals surface area (Å²) in [6.45, 7) is 0.443. The van der Waals surface area contributed by atoms with Crippen molar-refractivity contribution in [2.75, 3.05) is 19.7 Å². The fourth-order valence-corrected chi connectivity index (χ4v) is 6.39. The minimum Gasteiger partial charge on any atom is -0.395 e. The van der Waals surface area contributed by atoms with Gasteiger partial charge in [-0.05, 0) is 72.6 Å². The van der Waals surface area contributed by atoms with Crippen molar-refractivity contribution in [1.82, 2.24) is 14.0 Å². The number of nitrogens with one attached hydrogen (secondary N) is 2. The van der Waals surface area contributed by atoms with Crippen LogP contribution in [0.4, 0.5) is 13.2 Å². The second-order valence-corrected chi connectivity index (χ2v) is 10.6. The first-order chi connectivity index (χ1) is 15.8. The molecule has 1 aliphatic heterocycles. The van der Waals surface area contributed by atoms with Crippen LogP contribution < -0.4 is 4.72 Å². The zero-order valence-corrected chi connectivity index (χ0v) is 18.5. The Morgan fingerprint density at radius 2 is 1.82 bits per heavy atom. The second kappa shape index (κ2) is 8.43. The number of H-pyrrole nitrogens is 1. The molecule has 2 heterocycles. The minimum atomic E-state index is -3.65. The second-order valence-electron chi connectivity index (χ2n) is 8.85. The monoisotopic (exact) mass is 479 g/mol. The van der Waals surface area contributed by atoms with Crippen molar-refractivity contribution in [3.8, 4) is 11.3 Å². The molecule has 6 nitrogen and oxygen atoms in total. The third-order valence-corrected chi connectivity index (χ3v) is 8.43. The number of hydrogen-bond acceptors (Lipinski definition) is 3. The van der Waals surface area contributed by atoms with Gasteiger partial charge in [0, 0.05) is 24.5 Å². The molecule has 1 saturated heterocycles. The van der Waals surface area contributed by atoms with Crippen LogP contribution in [0.1, 0.15) is 30.7 Å². The van der Waals surface area contributed by atoms with Crippen LogP contribution in [0.25, 0.3) is 22.2 Å². The molecule has 1 unspecified atom stereocenters. The van der Waals surface area contributed by atoms with Gasteiger partial charge in [-0.2, -0.15) is 12.7 Å². The Hall–Kier alpha value is -2.40. The van der Waals surface area contributed by atoms with Crippen LogP contribution in [0.3, 0.4) is 0 Å². The molecular weight excluding hydrogens is 455 g/mol. The average Bonchev–Trinajstić information content (AvgIpc) is 3.06. The van der Waals surface area contributed by atoms with Crippen molar-refractivity contribution in [3.63, 3.8) is 0 Å². The van der Waals surface area contributed by atoms with Crippen molar-refractivity contribution in [2.45, 2.75) is 31.2 Å². The largest absolute Gasteiger partial charge is 0.395 e. The van der Waals surface area contributed by atoms with E-state index in [2.05, 4.69) is 9.71 Å². The van der Waals surface area contributed by atoms with E-state index in [-0.39, 0.29) is 36.5 Å². The minimum absolute atomic E-state index is 0.0243. The van der Waals surface area contributed by atoms with Gasteiger partial charge < -0.3 is 10.1 Å². The molecule has 2 aliphatic rings. The molecule has 0 radical (unpaired) electrons. The standard InChI is InChI=1S/C23H24F3N3O3S/c24-16-3-1-14(2-4-16)22-21(19-9-17(25)10-20(26)23(19)28-22)15-7-13(8-15)11-27-33(31,32)29-6-5-18(29)12-30/h1-4,9-10,13,15,18,27-28,30H,5-8,11-12H2. The lowest BCUT2D eigenvalue weighted by Gasteiger charge is -2.40. The molecule has 0 bridgehead atoms. The first-order valence-electron chi connectivity index (χ1n) is 10.9. The van der Waals surface area contributed by atoms with Gasteiger partial charge in [-0.15, -0.1) is 0 Å². The Kier molecular flexibility index (Phi) is 5.72. The van der Waals surface area contributed by atoms with E-state index >= 15 is 0 Å². The van der Waals surface area contributed by atoms with Gasteiger partial charge in [0.05, 0.1) is 23.9 Å². The number of hydrogen-bond donors (Lipinski definition) is 3. The van der Waals surface area contributed by atoms with Crippen LogP contribution in [0, 0.1) is 23.4 Å². The Labute approximate surface area is 189 Å². The first-order valence-corrected chi connectivity index (χ1v) is 12.3. The molecule has 0 spiro atoms. The maximum absolute atomic E-state index is 14.5. The summed E-state index contributed by atoms with van der Waals surface area (Å²) in [6.07, 6.45) is 1.93. The molecule has 1 aromatic heterocycles. The van der Waals surface area contributed by atoms with E-state index in [1.165, 1.54) is 22.5 Å². The molecule has 1 saturated carbocycles. The maximum atomic E-state index is 14.5. The van der Waals surface area contributed by atoms with Gasteiger partial charge in [-0.25, -0.2) is 17.9 Å². The lowest BCUT2D eigenvalue weighted by atomic mass is 9.70. The molecular formula is C23H24F3N3O3S. The highest BCUT2D eigenvalue weighted by Crippen LogP contribution is 2.48. The van der Waals surface area contributed by atoms with Crippen molar-refractivity contribution in [2.24, 2.45) is 5.92 Å². The Morgan fingerprint density at radius 1 is 1.09 bits per heavy atom. The van der Waals surface area contributed by atoms with Gasteiger partial charge in [-0.3, -0.25) is 0 Å². The van der Waals surface area contributed by atoms with Crippen LogP contribution in [-0.4, -0.2) is 48.6 Å². The zero-order valence-electron chi connectivity index (χ0n) is 17.7. The molecule has 1 aliphatic carbocycles. The third kappa shape index (κ3) is 4.05. The maximum Gasteiger partial charge on any atom is 0.279 e. The molecule has 3 N–H and O–H groups in total. The number of aliphatic hydroxyl groups excluding tert-OH is 1. The van der Waals surface area contributed by atoms with Gasteiger partial charge in [-0.1, -0.05) is 0 Å². The fourth-order valence-electron chi connectivity index (χ4n) is 4.87. The van der Waals surface area contributed by atoms with E-state index < -0.39 is 27.7 Å². The summed E-state index contributed by atoms with van der Waals surface area (Å²) in [5, 5.41) is 9.69. The lowest BCUT2D eigenvalue weighted by molar-refractivity contribution is 0.114. The van der Waals surface area contributed by atoms with E-state index in [0.29, 0.717) is 42.5 Å². The predicted molar refractivity (Wildman–Crippen MR) is 118 cm³/mol. The van der Waals surface area contributed by atoms with Gasteiger partial charge in [0.1, 0.15) is 17.5 Å². The molecule has 0 amide bonds. The summed E-state index contributed by atoms with van der Waals surface area (Å²) in [5.74, 6) is -1.72. The molecule has 2 aromatic carbocycles. The van der Waals surface area contributed by atoms with E-state index in [0.717, 1.165) is 11.6 Å². The van der Waals surface area contributed by atoms with Crippen LogP contribution in [-0.2, 0) is 10.2 Å². The summed E-state index contributed by atoms with van der Waals surface area (Å²) < 4.78 is 70.7. The van der Waals surface area contributed by atoms with Crippen molar-refractivity contribution < 1.29 is 26.7 Å². The highest BCUT2D eigenvalue weighted by atomic mass is 32.2. The molecule has 5 rings (SSSR count). The smallest absolute Gasteiger partial charge is 0.279 e. The predicted octanol–water partition coefficient (Wildman–Crippen LogP) is 3.65.